The zero-order valence-corrected chi connectivity index (χ0v) is 18.4. The van der Waals surface area contributed by atoms with E-state index in [4.69, 9.17) is 0 Å². The molecule has 0 radical (unpaired) electrons. The van der Waals surface area contributed by atoms with Crippen molar-refractivity contribution in [3.63, 3.8) is 0 Å². The van der Waals surface area contributed by atoms with Gasteiger partial charge in [0.1, 0.15) is 0 Å². The summed E-state index contributed by atoms with van der Waals surface area (Å²) in [5.74, 6) is -0.161. The van der Waals surface area contributed by atoms with Crippen LogP contribution >= 0.6 is 0 Å². The monoisotopic (exact) mass is 382 g/mol. The smallest absolute Gasteiger partial charge is 0.312 e. The standard InChI is InChI=1S/C23H46N2O2/c1-4-5-6-7-8-9-10-11-12-13-14-15-16-17-18-20-23(26)25(27)22-19-21-24(2)3/h11-12,25H,4-10,13-22H2,1-3H3/b12-11-. The second-order valence-electron chi connectivity index (χ2n) is 8.09. The van der Waals surface area contributed by atoms with E-state index in [9.17, 15) is 10.0 Å². The van der Waals surface area contributed by atoms with Crippen molar-refractivity contribution in [2.24, 2.45) is 0 Å². The molecule has 0 aromatic carbocycles. The number of allylic oxidation sites excluding steroid dienone is 2. The number of hydroxylamine groups is 2. The Balaban J connectivity index is 3.34. The summed E-state index contributed by atoms with van der Waals surface area (Å²) in [5, 5.41) is 11.6. The molecule has 4 nitrogen and oxygen atoms in total. The van der Waals surface area contributed by atoms with E-state index in [1.807, 2.05) is 19.0 Å². The summed E-state index contributed by atoms with van der Waals surface area (Å²) < 4.78 is 0. The minimum absolute atomic E-state index is 0.161. The summed E-state index contributed by atoms with van der Waals surface area (Å²) in [4.78, 5) is 13.8. The fourth-order valence-corrected chi connectivity index (χ4v) is 3.19. The molecule has 1 atom stereocenters. The average Bonchev–Trinajstić information content (AvgIpc) is 2.64. The fourth-order valence-electron chi connectivity index (χ4n) is 3.19. The summed E-state index contributed by atoms with van der Waals surface area (Å²) in [6.45, 7) is 3.53. The Labute approximate surface area is 169 Å². The van der Waals surface area contributed by atoms with Crippen molar-refractivity contribution in [3.8, 4) is 0 Å². The Morgan fingerprint density at radius 3 is 1.89 bits per heavy atom. The highest BCUT2D eigenvalue weighted by Gasteiger charge is 2.10. The minimum Gasteiger partial charge on any atom is -0.627 e. The number of carbonyl (C=O) groups excluding carboxylic acids is 1. The molecule has 0 bridgehead atoms. The van der Waals surface area contributed by atoms with Gasteiger partial charge in [0.25, 0.3) is 0 Å². The number of hydrogen-bond donors (Lipinski definition) is 1. The van der Waals surface area contributed by atoms with Gasteiger partial charge in [-0.15, -0.1) is 0 Å². The molecule has 4 heteroatoms. The van der Waals surface area contributed by atoms with Crippen LogP contribution in [-0.4, -0.2) is 38.0 Å². The lowest BCUT2D eigenvalue weighted by Crippen LogP contribution is -3.10. The van der Waals surface area contributed by atoms with Gasteiger partial charge in [-0.3, -0.25) is 0 Å². The average molecular weight is 383 g/mol. The van der Waals surface area contributed by atoms with E-state index < -0.39 is 0 Å². The molecular formula is C23H46N2O2. The number of rotatable bonds is 19. The molecule has 0 aliphatic rings. The van der Waals surface area contributed by atoms with E-state index >= 15 is 0 Å². The van der Waals surface area contributed by atoms with Gasteiger partial charge in [-0.05, 0) is 46.2 Å². The Hall–Kier alpha value is -0.710. The number of hydrogen-bond acceptors (Lipinski definition) is 3. The number of carbonyl (C=O) groups is 1. The molecule has 0 aliphatic carbocycles. The lowest BCUT2D eigenvalue weighted by atomic mass is 10.1. The summed E-state index contributed by atoms with van der Waals surface area (Å²) in [7, 11) is 3.97. The highest BCUT2D eigenvalue weighted by molar-refractivity contribution is 5.66. The van der Waals surface area contributed by atoms with E-state index in [0.29, 0.717) is 13.0 Å². The number of amides is 1. The first kappa shape index (κ1) is 26.3. The normalized spacial score (nSPS) is 12.9. The molecule has 0 heterocycles. The SMILES string of the molecule is CCCCCCCC/C=C\CCCCCCCC(=O)[NH+]([O-])CCCN(C)C. The zero-order valence-electron chi connectivity index (χ0n) is 18.4. The largest absolute Gasteiger partial charge is 0.627 e. The molecule has 0 aromatic rings. The molecule has 1 amide bonds. The Morgan fingerprint density at radius 2 is 1.33 bits per heavy atom. The zero-order chi connectivity index (χ0) is 20.2. The Kier molecular flexibility index (Phi) is 19.5. The van der Waals surface area contributed by atoms with Crippen LogP contribution in [0.25, 0.3) is 0 Å². The van der Waals surface area contributed by atoms with Crippen molar-refractivity contribution < 1.29 is 9.86 Å². The quantitative estimate of drug-likeness (QED) is 0.197. The van der Waals surface area contributed by atoms with Crippen LogP contribution in [0.2, 0.25) is 0 Å². The molecular weight excluding hydrogens is 336 g/mol. The van der Waals surface area contributed by atoms with E-state index in [-0.39, 0.29) is 11.0 Å². The van der Waals surface area contributed by atoms with Gasteiger partial charge in [0.2, 0.25) is 0 Å². The van der Waals surface area contributed by atoms with Crippen LogP contribution in [-0.2, 0) is 4.79 Å². The summed E-state index contributed by atoms with van der Waals surface area (Å²) in [5.41, 5.74) is 0. The predicted octanol–water partition coefficient (Wildman–Crippen LogP) is 4.88. The molecule has 160 valence electrons. The van der Waals surface area contributed by atoms with Gasteiger partial charge in [-0.25, -0.2) is 4.79 Å². The van der Waals surface area contributed by atoms with E-state index in [2.05, 4.69) is 19.1 Å². The van der Waals surface area contributed by atoms with Gasteiger partial charge in [-0.2, -0.15) is 0 Å². The molecule has 1 N–H and O–H groups in total. The Bertz CT molecular complexity index is 356. The van der Waals surface area contributed by atoms with Gasteiger partial charge in [-0.1, -0.05) is 70.4 Å². The van der Waals surface area contributed by atoms with Crippen LogP contribution in [0.3, 0.4) is 0 Å². The fraction of sp³-hybridized carbons (Fsp3) is 0.870. The van der Waals surface area contributed by atoms with Crippen LogP contribution in [0.4, 0.5) is 0 Å². The maximum Gasteiger partial charge on any atom is 0.312 e. The van der Waals surface area contributed by atoms with E-state index in [1.54, 1.807) is 0 Å². The molecule has 0 fully saturated rings. The molecule has 0 saturated carbocycles. The van der Waals surface area contributed by atoms with Crippen LogP contribution in [0.5, 0.6) is 0 Å². The lowest BCUT2D eigenvalue weighted by Gasteiger charge is -2.20. The molecule has 0 saturated heterocycles. The molecule has 1 unspecified atom stereocenters. The van der Waals surface area contributed by atoms with Crippen molar-refractivity contribution >= 4 is 5.91 Å². The van der Waals surface area contributed by atoms with Crippen LogP contribution in [0.1, 0.15) is 103 Å². The van der Waals surface area contributed by atoms with Crippen LogP contribution in [0.15, 0.2) is 12.2 Å². The second kappa shape index (κ2) is 20.0. The van der Waals surface area contributed by atoms with Crippen molar-refractivity contribution in [2.75, 3.05) is 27.2 Å². The van der Waals surface area contributed by atoms with Crippen molar-refractivity contribution in [3.05, 3.63) is 17.4 Å². The second-order valence-corrected chi connectivity index (χ2v) is 8.09. The topological polar surface area (TPSA) is 47.8 Å². The summed E-state index contributed by atoms with van der Waals surface area (Å²) in [6.07, 6.45) is 22.1. The van der Waals surface area contributed by atoms with Crippen molar-refractivity contribution in [2.45, 2.75) is 103 Å². The van der Waals surface area contributed by atoms with Crippen molar-refractivity contribution in [1.29, 1.82) is 0 Å². The maximum atomic E-state index is 11.8. The minimum atomic E-state index is -0.174. The highest BCUT2D eigenvalue weighted by Crippen LogP contribution is 2.09. The highest BCUT2D eigenvalue weighted by atomic mass is 16.5. The molecule has 0 aromatic heterocycles. The maximum absolute atomic E-state index is 11.8. The number of unbranched alkanes of at least 4 members (excludes halogenated alkanes) is 11. The van der Waals surface area contributed by atoms with E-state index in [1.165, 1.54) is 70.6 Å². The third-order valence-corrected chi connectivity index (χ3v) is 4.99. The third-order valence-electron chi connectivity index (χ3n) is 4.99. The molecule has 0 rings (SSSR count). The van der Waals surface area contributed by atoms with Crippen molar-refractivity contribution in [1.82, 2.24) is 4.90 Å². The number of nitrogens with one attached hydrogen (secondary N) is 1. The third kappa shape index (κ3) is 19.8. The first-order valence-electron chi connectivity index (χ1n) is 11.4. The number of quaternary nitrogens is 1. The van der Waals surface area contributed by atoms with Gasteiger partial charge in [0.05, 0.1) is 13.0 Å². The van der Waals surface area contributed by atoms with E-state index in [0.717, 1.165) is 25.8 Å². The summed E-state index contributed by atoms with van der Waals surface area (Å²) >= 11 is 0. The summed E-state index contributed by atoms with van der Waals surface area (Å²) in [6, 6.07) is 0. The first-order valence-corrected chi connectivity index (χ1v) is 11.4. The first-order chi connectivity index (χ1) is 13.1. The van der Waals surface area contributed by atoms with Gasteiger partial charge < -0.3 is 15.2 Å². The van der Waals surface area contributed by atoms with Gasteiger partial charge in [0.15, 0.2) is 0 Å². The lowest BCUT2D eigenvalue weighted by molar-refractivity contribution is -0.765. The van der Waals surface area contributed by atoms with Gasteiger partial charge in [0, 0.05) is 13.0 Å². The van der Waals surface area contributed by atoms with Gasteiger partial charge >= 0.3 is 5.91 Å². The molecule has 27 heavy (non-hydrogen) atoms. The Morgan fingerprint density at radius 1 is 0.815 bits per heavy atom. The number of nitrogens with zero attached hydrogens (tertiary/aromatic N) is 1. The molecule has 0 aliphatic heterocycles. The van der Waals surface area contributed by atoms with Crippen LogP contribution in [0, 0.1) is 5.21 Å². The van der Waals surface area contributed by atoms with Crippen LogP contribution < -0.4 is 5.06 Å². The molecule has 0 spiro atoms. The predicted molar refractivity (Wildman–Crippen MR) is 117 cm³/mol.